The second-order valence-corrected chi connectivity index (χ2v) is 7.14. The summed E-state index contributed by atoms with van der Waals surface area (Å²) in [7, 11) is 1.72. The monoisotopic (exact) mass is 339 g/mol. The van der Waals surface area contributed by atoms with Gasteiger partial charge in [-0.15, -0.1) is 0 Å². The van der Waals surface area contributed by atoms with Crippen molar-refractivity contribution in [1.82, 2.24) is 15.1 Å². The zero-order chi connectivity index (χ0) is 17.6. The SMILES string of the molecule is COc1ccccc1/C=C/CN1CCCC(c2[nH]ncc2C(C)C)C1. The number of aromatic amines is 1. The lowest BCUT2D eigenvalue weighted by Gasteiger charge is -2.32. The maximum atomic E-state index is 5.41. The van der Waals surface area contributed by atoms with Gasteiger partial charge in [0.05, 0.1) is 13.3 Å². The molecule has 2 heterocycles. The Labute approximate surface area is 150 Å². The Morgan fingerprint density at radius 2 is 2.20 bits per heavy atom. The van der Waals surface area contributed by atoms with E-state index in [4.69, 9.17) is 4.74 Å². The lowest BCUT2D eigenvalue weighted by atomic mass is 9.89. The number of benzene rings is 1. The second-order valence-electron chi connectivity index (χ2n) is 7.14. The number of aromatic nitrogens is 2. The van der Waals surface area contributed by atoms with Crippen LogP contribution in [0.1, 0.15) is 55.3 Å². The number of ether oxygens (including phenoxy) is 1. The molecular weight excluding hydrogens is 310 g/mol. The van der Waals surface area contributed by atoms with Crippen LogP contribution in [0.25, 0.3) is 6.08 Å². The molecule has 3 rings (SSSR count). The smallest absolute Gasteiger partial charge is 0.126 e. The molecule has 134 valence electrons. The van der Waals surface area contributed by atoms with Gasteiger partial charge in [0.25, 0.3) is 0 Å². The first-order chi connectivity index (χ1) is 12.2. The van der Waals surface area contributed by atoms with Crippen LogP contribution in [0.3, 0.4) is 0 Å². The summed E-state index contributed by atoms with van der Waals surface area (Å²) in [4.78, 5) is 2.53. The van der Waals surface area contributed by atoms with Gasteiger partial charge in [-0.2, -0.15) is 5.10 Å². The normalized spacial score (nSPS) is 19.0. The molecule has 1 atom stereocenters. The predicted molar refractivity (Wildman–Crippen MR) is 103 cm³/mol. The van der Waals surface area contributed by atoms with Gasteiger partial charge in [-0.25, -0.2) is 0 Å². The molecule has 1 aromatic carbocycles. The Morgan fingerprint density at radius 3 is 3.00 bits per heavy atom. The topological polar surface area (TPSA) is 41.1 Å². The molecule has 2 aromatic rings. The van der Waals surface area contributed by atoms with Crippen LogP contribution >= 0.6 is 0 Å². The largest absolute Gasteiger partial charge is 0.496 e. The maximum absolute atomic E-state index is 5.41. The van der Waals surface area contributed by atoms with Crippen LogP contribution in [-0.4, -0.2) is 41.8 Å². The van der Waals surface area contributed by atoms with E-state index in [1.165, 1.54) is 24.1 Å². The zero-order valence-electron chi connectivity index (χ0n) is 15.5. The highest BCUT2D eigenvalue weighted by Gasteiger charge is 2.24. The van der Waals surface area contributed by atoms with Gasteiger partial charge in [0, 0.05) is 30.3 Å². The van der Waals surface area contributed by atoms with Crippen molar-refractivity contribution >= 4 is 6.08 Å². The minimum atomic E-state index is 0.523. The van der Waals surface area contributed by atoms with E-state index in [0.29, 0.717) is 11.8 Å². The second kappa shape index (κ2) is 8.34. The number of piperidine rings is 1. The average molecular weight is 339 g/mol. The molecule has 1 N–H and O–H groups in total. The number of hydrogen-bond donors (Lipinski definition) is 1. The van der Waals surface area contributed by atoms with E-state index >= 15 is 0 Å². The summed E-state index contributed by atoms with van der Waals surface area (Å²) in [6, 6.07) is 8.14. The van der Waals surface area contributed by atoms with Crippen LogP contribution in [0.2, 0.25) is 0 Å². The Morgan fingerprint density at radius 1 is 1.36 bits per heavy atom. The van der Waals surface area contributed by atoms with Crippen molar-refractivity contribution in [3.05, 3.63) is 53.4 Å². The highest BCUT2D eigenvalue weighted by molar-refractivity contribution is 5.57. The summed E-state index contributed by atoms with van der Waals surface area (Å²) in [6.45, 7) is 7.71. The van der Waals surface area contributed by atoms with Crippen molar-refractivity contribution in [2.24, 2.45) is 0 Å². The maximum Gasteiger partial charge on any atom is 0.126 e. The van der Waals surface area contributed by atoms with E-state index in [0.717, 1.165) is 30.9 Å². The molecule has 0 aliphatic carbocycles. The molecule has 0 radical (unpaired) electrons. The van der Waals surface area contributed by atoms with Crippen LogP contribution in [0.5, 0.6) is 5.75 Å². The van der Waals surface area contributed by atoms with Crippen molar-refractivity contribution in [2.45, 2.75) is 38.5 Å². The van der Waals surface area contributed by atoms with Crippen molar-refractivity contribution in [3.63, 3.8) is 0 Å². The molecule has 1 saturated heterocycles. The summed E-state index contributed by atoms with van der Waals surface area (Å²) in [5, 5.41) is 7.56. The summed E-state index contributed by atoms with van der Waals surface area (Å²) in [6.07, 6.45) is 8.90. The first kappa shape index (κ1) is 17.7. The number of likely N-dealkylation sites (tertiary alicyclic amines) is 1. The molecule has 25 heavy (non-hydrogen) atoms. The molecule has 4 nitrogen and oxygen atoms in total. The molecule has 1 aromatic heterocycles. The Kier molecular flexibility index (Phi) is 5.92. The molecule has 0 bridgehead atoms. The van der Waals surface area contributed by atoms with E-state index in [2.05, 4.69) is 47.2 Å². The highest BCUT2D eigenvalue weighted by atomic mass is 16.5. The fourth-order valence-electron chi connectivity index (χ4n) is 3.68. The van der Waals surface area contributed by atoms with Crippen LogP contribution in [0, 0.1) is 0 Å². The lowest BCUT2D eigenvalue weighted by molar-refractivity contribution is 0.225. The Hall–Kier alpha value is -2.07. The minimum Gasteiger partial charge on any atom is -0.496 e. The highest BCUT2D eigenvalue weighted by Crippen LogP contribution is 2.31. The van der Waals surface area contributed by atoms with Crippen molar-refractivity contribution in [2.75, 3.05) is 26.7 Å². The molecule has 0 spiro atoms. The van der Waals surface area contributed by atoms with Gasteiger partial charge in [0.15, 0.2) is 0 Å². The Bertz CT molecular complexity index is 705. The van der Waals surface area contributed by atoms with Gasteiger partial charge >= 0.3 is 0 Å². The minimum absolute atomic E-state index is 0.523. The van der Waals surface area contributed by atoms with Crippen molar-refractivity contribution in [1.29, 1.82) is 0 Å². The molecule has 1 unspecified atom stereocenters. The van der Waals surface area contributed by atoms with Gasteiger partial charge in [0.1, 0.15) is 5.75 Å². The molecular formula is C21H29N3O. The molecule has 4 heteroatoms. The van der Waals surface area contributed by atoms with E-state index < -0.39 is 0 Å². The molecule has 0 amide bonds. The fraction of sp³-hybridized carbons (Fsp3) is 0.476. The summed E-state index contributed by atoms with van der Waals surface area (Å²) >= 11 is 0. The van der Waals surface area contributed by atoms with Gasteiger partial charge in [-0.1, -0.05) is 44.2 Å². The van der Waals surface area contributed by atoms with Crippen molar-refractivity contribution in [3.8, 4) is 5.75 Å². The van der Waals surface area contributed by atoms with Crippen LogP contribution in [0.15, 0.2) is 36.5 Å². The van der Waals surface area contributed by atoms with Gasteiger partial charge in [-0.3, -0.25) is 10.00 Å². The molecule has 1 aliphatic rings. The first-order valence-electron chi connectivity index (χ1n) is 9.24. The number of methoxy groups -OCH3 is 1. The predicted octanol–water partition coefficient (Wildman–Crippen LogP) is 4.43. The van der Waals surface area contributed by atoms with E-state index in [9.17, 15) is 0 Å². The summed E-state index contributed by atoms with van der Waals surface area (Å²) in [5.74, 6) is 2.01. The van der Waals surface area contributed by atoms with Gasteiger partial charge < -0.3 is 4.74 Å². The standard InChI is InChI=1S/C21H29N3O/c1-16(2)19-14-22-23-21(19)18-10-7-13-24(15-18)12-6-9-17-8-4-5-11-20(17)25-3/h4-6,8-9,11,14,16,18H,7,10,12-13,15H2,1-3H3,(H,22,23)/b9-6+. The lowest BCUT2D eigenvalue weighted by Crippen LogP contribution is -2.34. The quantitative estimate of drug-likeness (QED) is 0.846. The number of para-hydroxylation sites is 1. The summed E-state index contributed by atoms with van der Waals surface area (Å²) < 4.78 is 5.41. The zero-order valence-corrected chi connectivity index (χ0v) is 15.5. The number of hydrogen-bond acceptors (Lipinski definition) is 3. The first-order valence-corrected chi connectivity index (χ1v) is 9.24. The molecule has 1 aliphatic heterocycles. The van der Waals surface area contributed by atoms with Gasteiger partial charge in [-0.05, 0) is 36.9 Å². The van der Waals surface area contributed by atoms with Crippen LogP contribution in [0.4, 0.5) is 0 Å². The van der Waals surface area contributed by atoms with Gasteiger partial charge in [0.2, 0.25) is 0 Å². The number of nitrogens with zero attached hydrogens (tertiary/aromatic N) is 2. The number of H-pyrrole nitrogens is 1. The third kappa shape index (κ3) is 4.31. The van der Waals surface area contributed by atoms with Crippen LogP contribution < -0.4 is 4.74 Å². The fourth-order valence-corrected chi connectivity index (χ4v) is 3.68. The third-order valence-corrected chi connectivity index (χ3v) is 5.04. The molecule has 1 fully saturated rings. The average Bonchev–Trinajstić information content (AvgIpc) is 3.12. The molecule has 0 saturated carbocycles. The van der Waals surface area contributed by atoms with E-state index in [1.54, 1.807) is 7.11 Å². The number of nitrogens with one attached hydrogen (secondary N) is 1. The third-order valence-electron chi connectivity index (χ3n) is 5.04. The Balaban J connectivity index is 1.62. The van der Waals surface area contributed by atoms with Crippen molar-refractivity contribution < 1.29 is 4.74 Å². The summed E-state index contributed by atoms with van der Waals surface area (Å²) in [5.41, 5.74) is 3.85. The van der Waals surface area contributed by atoms with E-state index in [1.807, 2.05) is 24.4 Å². The van der Waals surface area contributed by atoms with Crippen LogP contribution in [-0.2, 0) is 0 Å². The number of rotatable bonds is 6. The van der Waals surface area contributed by atoms with E-state index in [-0.39, 0.29) is 0 Å².